The second-order valence-electron chi connectivity index (χ2n) is 11.9. The predicted octanol–water partition coefficient (Wildman–Crippen LogP) is 6.29. The summed E-state index contributed by atoms with van der Waals surface area (Å²) in [5.41, 5.74) is 5.79. The van der Waals surface area contributed by atoms with E-state index < -0.39 is 6.04 Å². The van der Waals surface area contributed by atoms with Crippen molar-refractivity contribution in [3.05, 3.63) is 101 Å². The van der Waals surface area contributed by atoms with Gasteiger partial charge in [-0.15, -0.1) is 0 Å². The maximum absolute atomic E-state index is 14.0. The monoisotopic (exact) mass is 566 g/mol. The van der Waals surface area contributed by atoms with Gasteiger partial charge in [0, 0.05) is 41.3 Å². The molecule has 0 spiro atoms. The molecule has 4 aromatic rings. The van der Waals surface area contributed by atoms with E-state index in [0.717, 1.165) is 44.9 Å². The van der Waals surface area contributed by atoms with Gasteiger partial charge in [0.05, 0.1) is 31.1 Å². The first kappa shape index (κ1) is 27.6. The highest BCUT2D eigenvalue weighted by molar-refractivity contribution is 6.02. The number of H-pyrrole nitrogens is 1. The number of ketones is 1. The van der Waals surface area contributed by atoms with Gasteiger partial charge < -0.3 is 25.3 Å². The zero-order valence-electron chi connectivity index (χ0n) is 24.1. The minimum absolute atomic E-state index is 0.0237. The average molecular weight is 567 g/mol. The third-order valence-corrected chi connectivity index (χ3v) is 8.19. The molecular weight excluding hydrogens is 531 g/mol. The van der Waals surface area contributed by atoms with Crippen LogP contribution in [0.15, 0.2) is 84.2 Å². The van der Waals surface area contributed by atoms with Crippen LogP contribution in [0.3, 0.4) is 0 Å². The maximum atomic E-state index is 14.0. The van der Waals surface area contributed by atoms with Crippen LogP contribution in [-0.4, -0.2) is 36.9 Å². The molecule has 0 saturated heterocycles. The van der Waals surface area contributed by atoms with E-state index >= 15 is 0 Å². The number of amides is 1. The number of benzene rings is 3. The zero-order chi connectivity index (χ0) is 29.4. The molecule has 6 rings (SSSR count). The molecule has 1 aromatic heterocycles. The number of hydrogen-bond donors (Lipinski definition) is 3. The first-order valence-corrected chi connectivity index (χ1v) is 14.3. The molecule has 2 heterocycles. The number of carbonyl (C=O) groups excluding carboxylic acids is 2. The number of nitrogens with zero attached hydrogens (tertiary/aromatic N) is 1. The predicted molar refractivity (Wildman–Crippen MR) is 163 cm³/mol. The van der Waals surface area contributed by atoms with E-state index in [1.165, 1.54) is 12.1 Å². The number of methoxy groups -OCH3 is 1. The topological polar surface area (TPSA) is 86.5 Å². The number of para-hydroxylation sites is 2. The number of fused-ring (bicyclic) bond motifs is 2. The van der Waals surface area contributed by atoms with Crippen molar-refractivity contribution in [1.82, 2.24) is 10.3 Å². The molecule has 1 amide bonds. The molecule has 0 radical (unpaired) electrons. The third kappa shape index (κ3) is 5.36. The van der Waals surface area contributed by atoms with Gasteiger partial charge in [-0.05, 0) is 71.8 Å². The Bertz CT molecular complexity index is 1690. The third-order valence-electron chi connectivity index (χ3n) is 8.19. The number of aromatic amines is 1. The van der Waals surface area contributed by atoms with Crippen LogP contribution >= 0.6 is 0 Å². The Balaban J connectivity index is 1.31. The summed E-state index contributed by atoms with van der Waals surface area (Å²) in [5, 5.41) is 7.69. The molecular formula is C34H35FN4O3. The molecule has 0 bridgehead atoms. The van der Waals surface area contributed by atoms with Gasteiger partial charge in [-0.2, -0.15) is 0 Å². The lowest BCUT2D eigenvalue weighted by Gasteiger charge is -2.37. The number of nitrogens with one attached hydrogen (secondary N) is 3. The molecule has 216 valence electrons. The smallest absolute Gasteiger partial charge is 0.239 e. The van der Waals surface area contributed by atoms with Crippen molar-refractivity contribution >= 4 is 34.0 Å². The maximum Gasteiger partial charge on any atom is 0.239 e. The fourth-order valence-electron chi connectivity index (χ4n) is 6.26. The Morgan fingerprint density at radius 2 is 1.88 bits per heavy atom. The number of Topliss-reactive ketones (excluding diaryl/α,β-unsaturated/α-hetero) is 1. The minimum Gasteiger partial charge on any atom is -0.497 e. The highest BCUT2D eigenvalue weighted by atomic mass is 19.1. The molecule has 1 atom stereocenters. The van der Waals surface area contributed by atoms with Crippen LogP contribution < -0.4 is 20.3 Å². The van der Waals surface area contributed by atoms with Gasteiger partial charge in [-0.25, -0.2) is 4.39 Å². The van der Waals surface area contributed by atoms with Crippen LogP contribution in [0.2, 0.25) is 0 Å². The lowest BCUT2D eigenvalue weighted by molar-refractivity contribution is -0.120. The summed E-state index contributed by atoms with van der Waals surface area (Å²) in [7, 11) is 1.64. The molecule has 1 aliphatic heterocycles. The number of carbonyl (C=O) groups is 2. The summed E-state index contributed by atoms with van der Waals surface area (Å²) in [5.74, 6) is 0.301. The number of anilines is 2. The van der Waals surface area contributed by atoms with Gasteiger partial charge in [0.1, 0.15) is 11.6 Å². The van der Waals surface area contributed by atoms with E-state index in [9.17, 15) is 14.0 Å². The second kappa shape index (κ2) is 11.0. The number of rotatable bonds is 7. The van der Waals surface area contributed by atoms with Gasteiger partial charge in [-0.1, -0.05) is 38.1 Å². The summed E-state index contributed by atoms with van der Waals surface area (Å²) in [6.07, 6.45) is 3.69. The van der Waals surface area contributed by atoms with Crippen molar-refractivity contribution in [3.8, 4) is 5.75 Å². The average Bonchev–Trinajstić information content (AvgIpc) is 3.30. The summed E-state index contributed by atoms with van der Waals surface area (Å²) >= 11 is 0. The minimum atomic E-state index is -0.549. The summed E-state index contributed by atoms with van der Waals surface area (Å²) in [4.78, 5) is 32.6. The number of ether oxygens (including phenoxy) is 1. The van der Waals surface area contributed by atoms with Crippen LogP contribution in [0.4, 0.5) is 15.8 Å². The van der Waals surface area contributed by atoms with Gasteiger partial charge in [0.2, 0.25) is 5.91 Å². The summed E-state index contributed by atoms with van der Waals surface area (Å²) in [6, 6.07) is 19.4. The largest absolute Gasteiger partial charge is 0.497 e. The highest BCUT2D eigenvalue weighted by Crippen LogP contribution is 2.48. The molecule has 42 heavy (non-hydrogen) atoms. The molecule has 1 aliphatic carbocycles. The number of allylic oxidation sites excluding steroid dienone is 1. The van der Waals surface area contributed by atoms with Crippen LogP contribution in [-0.2, 0) is 16.0 Å². The Kier molecular flexibility index (Phi) is 7.22. The van der Waals surface area contributed by atoms with Gasteiger partial charge in [0.15, 0.2) is 5.78 Å². The highest BCUT2D eigenvalue weighted by Gasteiger charge is 2.41. The zero-order valence-corrected chi connectivity index (χ0v) is 24.1. The Morgan fingerprint density at radius 1 is 1.10 bits per heavy atom. The normalized spacial score (nSPS) is 17.8. The van der Waals surface area contributed by atoms with E-state index in [1.54, 1.807) is 19.2 Å². The van der Waals surface area contributed by atoms with Gasteiger partial charge in [0.25, 0.3) is 0 Å². The summed E-state index contributed by atoms with van der Waals surface area (Å²) < 4.78 is 19.4. The molecule has 3 N–H and O–H groups in total. The molecule has 2 aliphatic rings. The van der Waals surface area contributed by atoms with E-state index in [0.29, 0.717) is 31.4 Å². The van der Waals surface area contributed by atoms with Crippen LogP contribution in [0.25, 0.3) is 10.9 Å². The molecule has 7 nitrogen and oxygen atoms in total. The fourth-order valence-corrected chi connectivity index (χ4v) is 6.26. The Hall–Kier alpha value is -4.59. The van der Waals surface area contributed by atoms with Crippen molar-refractivity contribution < 1.29 is 18.7 Å². The van der Waals surface area contributed by atoms with Crippen molar-refractivity contribution in [3.63, 3.8) is 0 Å². The van der Waals surface area contributed by atoms with E-state index in [2.05, 4.69) is 29.5 Å². The van der Waals surface area contributed by atoms with Crippen molar-refractivity contribution in [2.24, 2.45) is 5.41 Å². The summed E-state index contributed by atoms with van der Waals surface area (Å²) in [6.45, 7) is 4.65. The first-order chi connectivity index (χ1) is 20.2. The van der Waals surface area contributed by atoms with Crippen LogP contribution in [0, 0.1) is 11.2 Å². The van der Waals surface area contributed by atoms with E-state index in [1.807, 2.05) is 53.6 Å². The Morgan fingerprint density at radius 3 is 2.67 bits per heavy atom. The van der Waals surface area contributed by atoms with Crippen LogP contribution in [0.1, 0.15) is 43.9 Å². The van der Waals surface area contributed by atoms with E-state index in [-0.39, 0.29) is 29.5 Å². The van der Waals surface area contributed by atoms with Crippen molar-refractivity contribution in [2.45, 2.75) is 39.2 Å². The quantitative estimate of drug-likeness (QED) is 0.245. The first-order valence-electron chi connectivity index (χ1n) is 14.3. The molecule has 8 heteroatoms. The lowest BCUT2D eigenvalue weighted by atomic mass is 9.73. The molecule has 1 unspecified atom stereocenters. The number of hydrogen-bond acceptors (Lipinski definition) is 5. The van der Waals surface area contributed by atoms with Crippen LogP contribution in [0.5, 0.6) is 5.75 Å². The van der Waals surface area contributed by atoms with Crippen molar-refractivity contribution in [1.29, 1.82) is 0 Å². The van der Waals surface area contributed by atoms with Gasteiger partial charge in [-0.3, -0.25) is 9.59 Å². The SMILES string of the molecule is COc1ccc2[nH]cc(CCNC(=O)CN3c4ccccc4NC4=C(C(=O)CC(C)(C)C4)C3c3ccc(F)cc3)c2c1. The lowest BCUT2D eigenvalue weighted by Crippen LogP contribution is -2.42. The molecule has 0 saturated carbocycles. The molecule has 3 aromatic carbocycles. The van der Waals surface area contributed by atoms with Gasteiger partial charge >= 0.3 is 0 Å². The number of halogens is 1. The second-order valence-corrected chi connectivity index (χ2v) is 11.9. The molecule has 0 fully saturated rings. The number of aromatic nitrogens is 1. The van der Waals surface area contributed by atoms with E-state index in [4.69, 9.17) is 4.74 Å². The van der Waals surface area contributed by atoms with Crippen molar-refractivity contribution in [2.75, 3.05) is 30.4 Å². The Labute approximate surface area is 244 Å². The fraction of sp³-hybridized carbons (Fsp3) is 0.294. The standard InChI is InChI=1S/C34H35FN4O3/c1-34(2)17-28-32(30(40)18-34)33(21-8-10-23(35)11-9-21)39(29-7-5-4-6-27(29)38-28)20-31(41)36-15-14-22-19-37-26-13-12-24(42-3)16-25(22)26/h4-13,16,19,33,37-38H,14-15,17-18,20H2,1-3H3,(H,36,41).